The molecule has 0 bridgehead atoms. The fourth-order valence-corrected chi connectivity index (χ4v) is 2.13. The molecule has 0 spiro atoms. The van der Waals surface area contributed by atoms with Crippen LogP contribution in [0.2, 0.25) is 0 Å². The van der Waals surface area contributed by atoms with Gasteiger partial charge in [0, 0.05) is 17.7 Å². The van der Waals surface area contributed by atoms with Gasteiger partial charge in [-0.3, -0.25) is 9.59 Å². The van der Waals surface area contributed by atoms with Crippen molar-refractivity contribution in [3.05, 3.63) is 35.6 Å². The van der Waals surface area contributed by atoms with Crippen LogP contribution < -0.4 is 5.32 Å². The summed E-state index contributed by atoms with van der Waals surface area (Å²) in [6.07, 6.45) is 7.88. The van der Waals surface area contributed by atoms with Crippen molar-refractivity contribution in [2.75, 3.05) is 0 Å². The molecule has 0 radical (unpaired) electrons. The van der Waals surface area contributed by atoms with Gasteiger partial charge in [0.15, 0.2) is 0 Å². The third-order valence-electron chi connectivity index (χ3n) is 3.07. The second-order valence-electron chi connectivity index (χ2n) is 4.49. The van der Waals surface area contributed by atoms with Crippen LogP contribution in [0.25, 0.3) is 0 Å². The molecule has 4 nitrogen and oxygen atoms in total. The second kappa shape index (κ2) is 5.53. The van der Waals surface area contributed by atoms with Gasteiger partial charge in [-0.2, -0.15) is 0 Å². The number of amides is 2. The van der Waals surface area contributed by atoms with Crippen molar-refractivity contribution in [2.24, 2.45) is 10.9 Å². The maximum atomic E-state index is 11.5. The average Bonchev–Trinajstić information content (AvgIpc) is 2.37. The number of aliphatic imine (C=N–C) groups is 1. The predicted molar refractivity (Wildman–Crippen MR) is 75.0 cm³/mol. The van der Waals surface area contributed by atoms with Crippen LogP contribution in [0.4, 0.5) is 0 Å². The molecule has 2 amide bonds. The van der Waals surface area contributed by atoms with E-state index in [4.69, 9.17) is 11.6 Å². The van der Waals surface area contributed by atoms with E-state index in [-0.39, 0.29) is 17.7 Å². The quantitative estimate of drug-likeness (QED) is 0.787. The summed E-state index contributed by atoms with van der Waals surface area (Å²) in [5.41, 5.74) is 2.34. The number of fused-ring (bicyclic) bond motifs is 1. The molecule has 2 unspecified atom stereocenters. The number of hydrogen-bond acceptors (Lipinski definition) is 2. The predicted octanol–water partition coefficient (Wildman–Crippen LogP) is 2.12. The molecule has 0 aromatic heterocycles. The molecule has 1 aliphatic heterocycles. The van der Waals surface area contributed by atoms with Crippen LogP contribution in [0.1, 0.15) is 20.3 Å². The molecule has 100 valence electrons. The summed E-state index contributed by atoms with van der Waals surface area (Å²) >= 11 is 5.67. The van der Waals surface area contributed by atoms with Crippen molar-refractivity contribution in [3.63, 3.8) is 0 Å². The van der Waals surface area contributed by atoms with E-state index >= 15 is 0 Å². The highest BCUT2D eigenvalue weighted by molar-refractivity contribution is 6.31. The number of rotatable bonds is 2. The highest BCUT2D eigenvalue weighted by atomic mass is 35.5. The second-order valence-corrected chi connectivity index (χ2v) is 5.14. The number of nitrogens with one attached hydrogen (secondary N) is 1. The summed E-state index contributed by atoms with van der Waals surface area (Å²) in [4.78, 5) is 26.9. The minimum absolute atomic E-state index is 0.0742. The molecule has 0 saturated carbocycles. The van der Waals surface area contributed by atoms with Crippen LogP contribution in [0.3, 0.4) is 0 Å². The molecule has 0 fully saturated rings. The van der Waals surface area contributed by atoms with Crippen molar-refractivity contribution in [1.82, 2.24) is 5.32 Å². The van der Waals surface area contributed by atoms with E-state index in [1.807, 2.05) is 13.0 Å². The summed E-state index contributed by atoms with van der Waals surface area (Å²) in [7, 11) is 0. The molecule has 2 atom stereocenters. The minimum atomic E-state index is -0.649. The summed E-state index contributed by atoms with van der Waals surface area (Å²) in [5, 5.41) is 2.14. The van der Waals surface area contributed by atoms with E-state index < -0.39 is 5.38 Å². The molecule has 0 saturated heterocycles. The zero-order valence-electron chi connectivity index (χ0n) is 10.8. The lowest BCUT2D eigenvalue weighted by Gasteiger charge is -2.26. The molecule has 1 N–H and O–H groups in total. The van der Waals surface area contributed by atoms with E-state index in [2.05, 4.69) is 10.3 Å². The maximum Gasteiger partial charge on any atom is 0.263 e. The third kappa shape index (κ3) is 3.01. The maximum absolute atomic E-state index is 11.5. The smallest absolute Gasteiger partial charge is 0.263 e. The molecule has 2 aliphatic rings. The van der Waals surface area contributed by atoms with E-state index in [0.29, 0.717) is 5.71 Å². The Morgan fingerprint density at radius 3 is 2.89 bits per heavy atom. The van der Waals surface area contributed by atoms with E-state index in [0.717, 1.165) is 17.7 Å². The first-order valence-electron chi connectivity index (χ1n) is 6.19. The fraction of sp³-hybridized carbons (Fsp3) is 0.357. The number of carbonyl (C=O) groups excluding carboxylic acids is 2. The zero-order chi connectivity index (χ0) is 14.0. The van der Waals surface area contributed by atoms with Gasteiger partial charge in [0.05, 0.1) is 5.71 Å². The lowest BCUT2D eigenvalue weighted by atomic mass is 9.86. The molecule has 0 aromatic rings. The van der Waals surface area contributed by atoms with E-state index in [9.17, 15) is 9.59 Å². The Balaban J connectivity index is 2.29. The topological polar surface area (TPSA) is 58.5 Å². The number of nitrogens with zero attached hydrogens (tertiary/aromatic N) is 1. The number of allylic oxidation sites excluding steroid dienone is 3. The normalized spacial score (nSPS) is 25.3. The number of hydrogen-bond donors (Lipinski definition) is 1. The summed E-state index contributed by atoms with van der Waals surface area (Å²) in [6.45, 7) is 3.59. The molecule has 5 heteroatoms. The Morgan fingerprint density at radius 1 is 1.53 bits per heavy atom. The molecule has 0 aromatic carbocycles. The minimum Gasteiger partial charge on any atom is -0.325 e. The Morgan fingerprint density at radius 2 is 2.26 bits per heavy atom. The Hall–Kier alpha value is -1.68. The van der Waals surface area contributed by atoms with Crippen LogP contribution in [0, 0.1) is 5.92 Å². The monoisotopic (exact) mass is 278 g/mol. The van der Waals surface area contributed by atoms with Gasteiger partial charge in [0.1, 0.15) is 5.38 Å². The van der Waals surface area contributed by atoms with Crippen molar-refractivity contribution >= 4 is 29.1 Å². The van der Waals surface area contributed by atoms with Crippen molar-refractivity contribution < 1.29 is 9.59 Å². The summed E-state index contributed by atoms with van der Waals surface area (Å²) in [6, 6.07) is 0. The van der Waals surface area contributed by atoms with Gasteiger partial charge in [-0.25, -0.2) is 4.99 Å². The standard InChI is InChI=1S/C14H15ClN2O2/c1-3-9-6-13(18)17-12-7-10(4-5-11(9)12)16-14(19)8(2)15/h4-8,11H,3H2,1-2H3,(H,17,18). The van der Waals surface area contributed by atoms with Crippen LogP contribution >= 0.6 is 11.6 Å². The molecule has 19 heavy (non-hydrogen) atoms. The van der Waals surface area contributed by atoms with Crippen molar-refractivity contribution in [1.29, 1.82) is 0 Å². The number of alkyl halides is 1. The van der Waals surface area contributed by atoms with Gasteiger partial charge >= 0.3 is 0 Å². The highest BCUT2D eigenvalue weighted by Gasteiger charge is 2.25. The zero-order valence-corrected chi connectivity index (χ0v) is 11.6. The lowest BCUT2D eigenvalue weighted by molar-refractivity contribution is -0.117. The van der Waals surface area contributed by atoms with Crippen LogP contribution in [-0.4, -0.2) is 22.9 Å². The Kier molecular flexibility index (Phi) is 4.00. The SMILES string of the molecule is CCC1=CC(=O)NC2=CC(=NC(=O)C(C)Cl)C=CC12. The van der Waals surface area contributed by atoms with Crippen molar-refractivity contribution in [3.8, 4) is 0 Å². The first kappa shape index (κ1) is 13.7. The third-order valence-corrected chi connectivity index (χ3v) is 3.26. The van der Waals surface area contributed by atoms with Gasteiger partial charge in [0.2, 0.25) is 5.91 Å². The largest absolute Gasteiger partial charge is 0.325 e. The van der Waals surface area contributed by atoms with Gasteiger partial charge in [-0.1, -0.05) is 18.6 Å². The molecule has 1 heterocycles. The van der Waals surface area contributed by atoms with Crippen LogP contribution in [-0.2, 0) is 9.59 Å². The van der Waals surface area contributed by atoms with Crippen LogP contribution in [0.5, 0.6) is 0 Å². The first-order valence-corrected chi connectivity index (χ1v) is 6.62. The Labute approximate surface area is 116 Å². The van der Waals surface area contributed by atoms with Gasteiger partial charge < -0.3 is 5.32 Å². The summed E-state index contributed by atoms with van der Waals surface area (Å²) < 4.78 is 0. The van der Waals surface area contributed by atoms with Crippen LogP contribution in [0.15, 0.2) is 40.6 Å². The van der Waals surface area contributed by atoms with Gasteiger partial charge in [-0.05, 0) is 25.5 Å². The lowest BCUT2D eigenvalue weighted by Crippen LogP contribution is -2.33. The fourth-order valence-electron chi connectivity index (χ4n) is 2.08. The molecular weight excluding hydrogens is 264 g/mol. The van der Waals surface area contributed by atoms with E-state index in [1.165, 1.54) is 0 Å². The van der Waals surface area contributed by atoms with E-state index in [1.54, 1.807) is 25.2 Å². The average molecular weight is 279 g/mol. The highest BCUT2D eigenvalue weighted by Crippen LogP contribution is 2.28. The van der Waals surface area contributed by atoms with Crippen molar-refractivity contribution in [2.45, 2.75) is 25.6 Å². The molecule has 1 aliphatic carbocycles. The van der Waals surface area contributed by atoms with Gasteiger partial charge in [-0.15, -0.1) is 11.6 Å². The summed E-state index contributed by atoms with van der Waals surface area (Å²) in [5.74, 6) is -0.443. The number of carbonyl (C=O) groups is 2. The molecular formula is C14H15ClN2O2. The molecule has 2 rings (SSSR count). The Bertz CT molecular complexity index is 542. The van der Waals surface area contributed by atoms with Gasteiger partial charge in [0.25, 0.3) is 5.91 Å². The first-order chi connectivity index (χ1) is 9.01. The number of halogens is 1.